The minimum atomic E-state index is -0.226. The lowest BCUT2D eigenvalue weighted by atomic mass is 10.1. The van der Waals surface area contributed by atoms with E-state index in [9.17, 15) is 4.79 Å². The molecule has 0 aromatic heterocycles. The molecule has 0 atom stereocenters. The third-order valence-electron chi connectivity index (χ3n) is 4.02. The largest absolute Gasteiger partial charge is 0.494 e. The van der Waals surface area contributed by atoms with Gasteiger partial charge in [-0.25, -0.2) is 0 Å². The lowest BCUT2D eigenvalue weighted by Gasteiger charge is -2.18. The highest BCUT2D eigenvalue weighted by Crippen LogP contribution is 2.16. The van der Waals surface area contributed by atoms with Crippen LogP contribution in [0.3, 0.4) is 0 Å². The summed E-state index contributed by atoms with van der Waals surface area (Å²) in [7, 11) is 0. The molecule has 0 bridgehead atoms. The van der Waals surface area contributed by atoms with Gasteiger partial charge in [0.25, 0.3) is 5.91 Å². The van der Waals surface area contributed by atoms with Crippen molar-refractivity contribution in [3.63, 3.8) is 0 Å². The maximum atomic E-state index is 12.0. The van der Waals surface area contributed by atoms with Gasteiger partial charge >= 0.3 is 0 Å². The summed E-state index contributed by atoms with van der Waals surface area (Å²) in [4.78, 5) is 14.5. The molecular weight excluding hydrogens is 280 g/mol. The molecule has 118 valence electrons. The second-order valence-corrected chi connectivity index (χ2v) is 5.64. The van der Waals surface area contributed by atoms with Gasteiger partial charge in [0.1, 0.15) is 19.5 Å². The molecule has 1 aromatic carbocycles. The van der Waals surface area contributed by atoms with Crippen LogP contribution in [0.4, 0.5) is 0 Å². The third-order valence-corrected chi connectivity index (χ3v) is 4.02. The summed E-state index contributed by atoms with van der Waals surface area (Å²) in [5.74, 6) is 0.0268. The molecule has 2 aliphatic heterocycles. The van der Waals surface area contributed by atoms with Crippen molar-refractivity contribution in [2.24, 2.45) is 0 Å². The van der Waals surface area contributed by atoms with E-state index in [1.165, 1.54) is 37.8 Å². The highest BCUT2D eigenvalue weighted by Gasteiger charge is 2.16. The normalized spacial score (nSPS) is 18.3. The fourth-order valence-corrected chi connectivity index (χ4v) is 2.82. The van der Waals surface area contributed by atoms with E-state index in [2.05, 4.69) is 28.4 Å². The van der Waals surface area contributed by atoms with Crippen molar-refractivity contribution in [3.05, 3.63) is 47.4 Å². The van der Waals surface area contributed by atoms with E-state index in [0.717, 1.165) is 12.1 Å². The molecule has 0 aliphatic carbocycles. The zero-order chi connectivity index (χ0) is 15.2. The second-order valence-electron chi connectivity index (χ2n) is 5.64. The van der Waals surface area contributed by atoms with E-state index >= 15 is 0 Å². The van der Waals surface area contributed by atoms with E-state index < -0.39 is 0 Å². The highest BCUT2D eigenvalue weighted by atomic mass is 16.6. The Morgan fingerprint density at radius 3 is 2.64 bits per heavy atom. The van der Waals surface area contributed by atoms with Crippen molar-refractivity contribution < 1.29 is 14.3 Å². The summed E-state index contributed by atoms with van der Waals surface area (Å²) in [5.41, 5.74) is 2.43. The van der Waals surface area contributed by atoms with E-state index in [4.69, 9.17) is 9.47 Å². The Balaban J connectivity index is 1.59. The maximum Gasteiger partial charge on any atom is 0.289 e. The molecule has 3 rings (SSSR count). The van der Waals surface area contributed by atoms with Crippen LogP contribution in [-0.4, -0.2) is 37.1 Å². The number of carbonyl (C=O) groups is 1. The van der Waals surface area contributed by atoms with E-state index in [1.807, 2.05) is 6.07 Å². The molecule has 2 aliphatic rings. The molecule has 5 nitrogen and oxygen atoms in total. The molecule has 0 radical (unpaired) electrons. The number of hydrogen-bond acceptors (Lipinski definition) is 4. The van der Waals surface area contributed by atoms with Crippen LogP contribution >= 0.6 is 0 Å². The molecule has 2 heterocycles. The Kier molecular flexibility index (Phi) is 4.96. The summed E-state index contributed by atoms with van der Waals surface area (Å²) in [6.45, 7) is 4.70. The van der Waals surface area contributed by atoms with Crippen LogP contribution in [0.25, 0.3) is 0 Å². The summed E-state index contributed by atoms with van der Waals surface area (Å²) >= 11 is 0. The number of benzene rings is 1. The first-order valence-electron chi connectivity index (χ1n) is 7.85. The summed E-state index contributed by atoms with van der Waals surface area (Å²) in [6, 6.07) is 8.27. The van der Waals surface area contributed by atoms with Crippen molar-refractivity contribution >= 4 is 5.91 Å². The minimum Gasteiger partial charge on any atom is -0.494 e. The van der Waals surface area contributed by atoms with Crippen LogP contribution < -0.4 is 5.32 Å². The number of ether oxygens (including phenoxy) is 2. The lowest BCUT2D eigenvalue weighted by molar-refractivity contribution is -0.122. The van der Waals surface area contributed by atoms with Crippen molar-refractivity contribution in [3.8, 4) is 0 Å². The van der Waals surface area contributed by atoms with Gasteiger partial charge in [-0.1, -0.05) is 24.3 Å². The molecule has 0 saturated carbocycles. The number of likely N-dealkylation sites (tertiary alicyclic amines) is 1. The smallest absolute Gasteiger partial charge is 0.289 e. The average Bonchev–Trinajstić information content (AvgIpc) is 3.07. The van der Waals surface area contributed by atoms with Crippen molar-refractivity contribution in [1.29, 1.82) is 0 Å². The van der Waals surface area contributed by atoms with Gasteiger partial charge in [-0.2, -0.15) is 0 Å². The predicted octanol–water partition coefficient (Wildman–Crippen LogP) is 1.79. The Hall–Kier alpha value is -2.01. The highest BCUT2D eigenvalue weighted by molar-refractivity contribution is 5.91. The Bertz CT molecular complexity index is 551. The van der Waals surface area contributed by atoms with Crippen LogP contribution in [0.1, 0.15) is 24.0 Å². The van der Waals surface area contributed by atoms with Crippen molar-refractivity contribution in [2.45, 2.75) is 25.9 Å². The number of hydrogen-bond donors (Lipinski definition) is 1. The molecule has 1 saturated heterocycles. The molecule has 1 N–H and O–H groups in total. The maximum absolute atomic E-state index is 12.0. The first kappa shape index (κ1) is 14.9. The van der Waals surface area contributed by atoms with Gasteiger partial charge in [0.2, 0.25) is 5.76 Å². The summed E-state index contributed by atoms with van der Waals surface area (Å²) < 4.78 is 10.4. The van der Waals surface area contributed by atoms with E-state index in [0.29, 0.717) is 19.8 Å². The molecule has 22 heavy (non-hydrogen) atoms. The van der Waals surface area contributed by atoms with Gasteiger partial charge in [-0.3, -0.25) is 9.69 Å². The zero-order valence-electron chi connectivity index (χ0n) is 12.7. The molecular formula is C17H22N2O3. The Morgan fingerprint density at radius 2 is 1.91 bits per heavy atom. The standard InChI is InChI=1S/C17H22N2O3/c20-17(16-13-21-9-10-22-16)18-11-14-5-1-2-6-15(14)12-19-7-3-4-8-19/h1-2,5-6,13H,3-4,7-12H2,(H,18,20). The van der Waals surface area contributed by atoms with Crippen LogP contribution in [0, 0.1) is 0 Å². The van der Waals surface area contributed by atoms with Gasteiger partial charge in [0, 0.05) is 13.1 Å². The summed E-state index contributed by atoms with van der Waals surface area (Å²) in [5, 5.41) is 2.90. The monoisotopic (exact) mass is 302 g/mol. The average molecular weight is 302 g/mol. The van der Waals surface area contributed by atoms with Crippen LogP contribution in [0.5, 0.6) is 0 Å². The number of carbonyl (C=O) groups excluding carboxylic acids is 1. The first-order valence-corrected chi connectivity index (χ1v) is 7.85. The predicted molar refractivity (Wildman–Crippen MR) is 82.8 cm³/mol. The quantitative estimate of drug-likeness (QED) is 0.901. The van der Waals surface area contributed by atoms with Gasteiger partial charge in [-0.15, -0.1) is 0 Å². The molecule has 1 aromatic rings. The van der Waals surface area contributed by atoms with Crippen LogP contribution in [0.2, 0.25) is 0 Å². The fourth-order valence-electron chi connectivity index (χ4n) is 2.82. The van der Waals surface area contributed by atoms with E-state index in [-0.39, 0.29) is 11.7 Å². The molecule has 0 spiro atoms. The van der Waals surface area contributed by atoms with Crippen molar-refractivity contribution in [2.75, 3.05) is 26.3 Å². The minimum absolute atomic E-state index is 0.226. The SMILES string of the molecule is O=C(NCc1ccccc1CN1CCCC1)C1=COCCO1. The molecule has 5 heteroatoms. The topological polar surface area (TPSA) is 50.8 Å². The zero-order valence-corrected chi connectivity index (χ0v) is 12.7. The van der Waals surface area contributed by atoms with Gasteiger partial charge < -0.3 is 14.8 Å². The van der Waals surface area contributed by atoms with Gasteiger partial charge in [0.05, 0.1) is 0 Å². The third kappa shape index (κ3) is 3.80. The number of nitrogens with one attached hydrogen (secondary N) is 1. The van der Waals surface area contributed by atoms with Crippen molar-refractivity contribution in [1.82, 2.24) is 10.2 Å². The first-order chi connectivity index (χ1) is 10.8. The van der Waals surface area contributed by atoms with E-state index in [1.54, 1.807) is 0 Å². The molecule has 0 unspecified atom stereocenters. The molecule has 1 amide bonds. The number of nitrogens with zero attached hydrogens (tertiary/aromatic N) is 1. The Morgan fingerprint density at radius 1 is 1.14 bits per heavy atom. The lowest BCUT2D eigenvalue weighted by Crippen LogP contribution is -2.28. The van der Waals surface area contributed by atoms with Crippen LogP contribution in [-0.2, 0) is 27.4 Å². The summed E-state index contributed by atoms with van der Waals surface area (Å²) in [6.07, 6.45) is 3.95. The van der Waals surface area contributed by atoms with Gasteiger partial charge in [-0.05, 0) is 37.1 Å². The fraction of sp³-hybridized carbons (Fsp3) is 0.471. The number of rotatable bonds is 5. The van der Waals surface area contributed by atoms with Crippen LogP contribution in [0.15, 0.2) is 36.3 Å². The molecule has 1 fully saturated rings. The van der Waals surface area contributed by atoms with Gasteiger partial charge in [0.15, 0.2) is 0 Å². The number of amides is 1. The second kappa shape index (κ2) is 7.31. The Labute approximate surface area is 130 Å².